The van der Waals surface area contributed by atoms with Gasteiger partial charge in [0.1, 0.15) is 0 Å². The van der Waals surface area contributed by atoms with Crippen molar-refractivity contribution in [2.75, 3.05) is 15.4 Å². The molecule has 8 heteroatoms. The van der Waals surface area contributed by atoms with Gasteiger partial charge in [-0.15, -0.1) is 0 Å². The van der Waals surface area contributed by atoms with E-state index in [-0.39, 0.29) is 5.78 Å². The van der Waals surface area contributed by atoms with Gasteiger partial charge >= 0.3 is 6.03 Å². The maximum absolute atomic E-state index is 11.9. The molecule has 0 saturated heterocycles. The average molecular weight is 333 g/mol. The lowest BCUT2D eigenvalue weighted by atomic mass is 10.1. The number of anilines is 3. The van der Waals surface area contributed by atoms with Crippen LogP contribution in [-0.4, -0.2) is 20.2 Å². The standard InChI is InChI=1S/C15H15N3O4S/c1-10(19)11-2-4-12(5-3-11)16-15(20)17-13-6-8-14(9-7-13)18-23(21)22/h2-9,23H,1H3,(H2,16,17,20)(H,18,21,22). The normalized spacial score (nSPS) is 10.2. The highest BCUT2D eigenvalue weighted by Crippen LogP contribution is 2.15. The van der Waals surface area contributed by atoms with Crippen molar-refractivity contribution >= 4 is 39.8 Å². The van der Waals surface area contributed by atoms with Crippen molar-refractivity contribution in [3.8, 4) is 0 Å². The Bertz CT molecular complexity index is 775. The Morgan fingerprint density at radius 1 is 0.783 bits per heavy atom. The number of Topliss-reactive ketones (excluding diaryl/α,β-unsaturated/α-hetero) is 1. The van der Waals surface area contributed by atoms with Crippen molar-refractivity contribution in [2.24, 2.45) is 0 Å². The molecule has 0 aliphatic rings. The first-order chi connectivity index (χ1) is 10.9. The first-order valence-corrected chi connectivity index (χ1v) is 7.82. The van der Waals surface area contributed by atoms with Crippen LogP contribution in [0.1, 0.15) is 17.3 Å². The molecule has 0 aliphatic carbocycles. The zero-order chi connectivity index (χ0) is 16.8. The zero-order valence-corrected chi connectivity index (χ0v) is 13.1. The third kappa shape index (κ3) is 5.11. The molecule has 0 heterocycles. The predicted octanol–water partition coefficient (Wildman–Crippen LogP) is 2.47. The predicted molar refractivity (Wildman–Crippen MR) is 89.5 cm³/mol. The molecule has 0 fully saturated rings. The second-order valence-corrected chi connectivity index (χ2v) is 5.40. The van der Waals surface area contributed by atoms with Crippen LogP contribution in [0.5, 0.6) is 0 Å². The Kier molecular flexibility index (Phi) is 5.32. The number of hydrogen-bond donors (Lipinski definition) is 4. The summed E-state index contributed by atoms with van der Waals surface area (Å²) in [5.41, 5.74) is 2.03. The quantitative estimate of drug-likeness (QED) is 0.498. The van der Waals surface area contributed by atoms with Crippen LogP contribution < -0.4 is 15.4 Å². The Hall–Kier alpha value is -2.87. The van der Waals surface area contributed by atoms with E-state index in [1.165, 1.54) is 19.1 Å². The van der Waals surface area contributed by atoms with Crippen LogP contribution in [0.3, 0.4) is 0 Å². The van der Waals surface area contributed by atoms with E-state index in [1.807, 2.05) is 0 Å². The van der Waals surface area contributed by atoms with Gasteiger partial charge in [-0.05, 0) is 55.5 Å². The van der Waals surface area contributed by atoms with Crippen LogP contribution in [0.25, 0.3) is 0 Å². The summed E-state index contributed by atoms with van der Waals surface area (Å²) in [6.07, 6.45) is 0. The number of rotatable bonds is 5. The Morgan fingerprint density at radius 3 is 1.65 bits per heavy atom. The lowest BCUT2D eigenvalue weighted by Gasteiger charge is -2.08. The SMILES string of the molecule is CC(=O)c1ccc(NC(=O)Nc2ccc(N[SH](=O)=O)cc2)cc1. The highest BCUT2D eigenvalue weighted by atomic mass is 32.2. The van der Waals surface area contributed by atoms with Gasteiger partial charge in [0.25, 0.3) is 0 Å². The second-order valence-electron chi connectivity index (χ2n) is 4.66. The lowest BCUT2D eigenvalue weighted by molar-refractivity contribution is 0.101. The van der Waals surface area contributed by atoms with Gasteiger partial charge in [-0.3, -0.25) is 9.52 Å². The summed E-state index contributed by atoms with van der Waals surface area (Å²) >= 11 is 0. The smallest absolute Gasteiger partial charge is 0.308 e. The molecular weight excluding hydrogens is 318 g/mol. The molecule has 120 valence electrons. The Labute approximate surface area is 134 Å². The number of ketones is 1. The molecule has 2 rings (SSSR count). The van der Waals surface area contributed by atoms with Crippen LogP contribution in [0.15, 0.2) is 48.5 Å². The highest BCUT2D eigenvalue weighted by molar-refractivity contribution is 7.73. The minimum atomic E-state index is -2.72. The third-order valence-corrected chi connectivity index (χ3v) is 3.35. The summed E-state index contributed by atoms with van der Waals surface area (Å²) in [5, 5.41) is 5.24. The number of urea groups is 1. The molecule has 0 aliphatic heterocycles. The minimum absolute atomic E-state index is 0.0467. The molecular formula is C15H15N3O4S. The number of hydrogen-bond acceptors (Lipinski definition) is 4. The van der Waals surface area contributed by atoms with E-state index in [4.69, 9.17) is 0 Å². The van der Waals surface area contributed by atoms with Gasteiger partial charge in [0.2, 0.25) is 10.9 Å². The molecule has 0 aromatic heterocycles. The molecule has 0 bridgehead atoms. The van der Waals surface area contributed by atoms with E-state index < -0.39 is 16.9 Å². The molecule has 2 amide bonds. The van der Waals surface area contributed by atoms with E-state index in [1.54, 1.807) is 36.4 Å². The first kappa shape index (κ1) is 16.5. The molecule has 0 saturated carbocycles. The van der Waals surface area contributed by atoms with Crippen LogP contribution in [-0.2, 0) is 10.9 Å². The van der Waals surface area contributed by atoms with Crippen molar-refractivity contribution in [3.63, 3.8) is 0 Å². The van der Waals surface area contributed by atoms with E-state index in [2.05, 4.69) is 15.4 Å². The number of thiol groups is 1. The average Bonchev–Trinajstić information content (AvgIpc) is 2.49. The second kappa shape index (κ2) is 7.41. The fourth-order valence-electron chi connectivity index (χ4n) is 1.82. The van der Waals surface area contributed by atoms with Crippen molar-refractivity contribution in [2.45, 2.75) is 6.92 Å². The van der Waals surface area contributed by atoms with E-state index in [9.17, 15) is 18.0 Å². The van der Waals surface area contributed by atoms with Gasteiger partial charge in [0.05, 0.1) is 0 Å². The minimum Gasteiger partial charge on any atom is -0.308 e. The number of carbonyl (C=O) groups excluding carboxylic acids is 2. The summed E-state index contributed by atoms with van der Waals surface area (Å²) in [6, 6.07) is 12.3. The number of benzene rings is 2. The number of amides is 2. The number of nitrogens with one attached hydrogen (secondary N) is 3. The molecule has 0 unspecified atom stereocenters. The fraction of sp³-hybridized carbons (Fsp3) is 0.0667. The van der Waals surface area contributed by atoms with E-state index in [0.717, 1.165) is 0 Å². The molecule has 23 heavy (non-hydrogen) atoms. The number of carbonyl (C=O) groups is 2. The maximum Gasteiger partial charge on any atom is 0.323 e. The van der Waals surface area contributed by atoms with Crippen molar-refractivity contribution in [1.29, 1.82) is 0 Å². The van der Waals surface area contributed by atoms with Crippen LogP contribution in [0, 0.1) is 0 Å². The maximum atomic E-state index is 11.9. The lowest BCUT2D eigenvalue weighted by Crippen LogP contribution is -2.19. The highest BCUT2D eigenvalue weighted by Gasteiger charge is 2.04. The summed E-state index contributed by atoms with van der Waals surface area (Å²) in [7, 11) is -2.72. The topological polar surface area (TPSA) is 104 Å². The third-order valence-electron chi connectivity index (χ3n) is 2.91. The summed E-state index contributed by atoms with van der Waals surface area (Å²) in [5.74, 6) is -0.0467. The molecule has 3 N–H and O–H groups in total. The van der Waals surface area contributed by atoms with Gasteiger partial charge < -0.3 is 10.6 Å². The molecule has 0 atom stereocenters. The molecule has 0 radical (unpaired) electrons. The zero-order valence-electron chi connectivity index (χ0n) is 12.2. The Balaban J connectivity index is 1.95. The fourth-order valence-corrected chi connectivity index (χ4v) is 2.18. The largest absolute Gasteiger partial charge is 0.323 e. The van der Waals surface area contributed by atoms with E-state index >= 15 is 0 Å². The van der Waals surface area contributed by atoms with Crippen LogP contribution in [0.2, 0.25) is 0 Å². The van der Waals surface area contributed by atoms with Crippen molar-refractivity contribution < 1.29 is 18.0 Å². The summed E-state index contributed by atoms with van der Waals surface area (Å²) in [4.78, 5) is 23.0. The summed E-state index contributed by atoms with van der Waals surface area (Å²) < 4.78 is 23.3. The van der Waals surface area contributed by atoms with Gasteiger partial charge in [-0.25, -0.2) is 13.2 Å². The van der Waals surface area contributed by atoms with Crippen LogP contribution >= 0.6 is 0 Å². The van der Waals surface area contributed by atoms with Gasteiger partial charge in [-0.1, -0.05) is 0 Å². The Morgan fingerprint density at radius 2 is 1.22 bits per heavy atom. The molecule has 2 aromatic rings. The van der Waals surface area contributed by atoms with Gasteiger partial charge in [0.15, 0.2) is 5.78 Å². The monoisotopic (exact) mass is 333 g/mol. The molecule has 0 spiro atoms. The molecule has 2 aromatic carbocycles. The molecule has 7 nitrogen and oxygen atoms in total. The van der Waals surface area contributed by atoms with Gasteiger partial charge in [-0.2, -0.15) is 0 Å². The summed E-state index contributed by atoms with van der Waals surface area (Å²) in [6.45, 7) is 1.47. The van der Waals surface area contributed by atoms with Crippen molar-refractivity contribution in [3.05, 3.63) is 54.1 Å². The van der Waals surface area contributed by atoms with Crippen molar-refractivity contribution in [1.82, 2.24) is 0 Å². The van der Waals surface area contributed by atoms with Crippen LogP contribution in [0.4, 0.5) is 21.9 Å². The van der Waals surface area contributed by atoms with E-state index in [0.29, 0.717) is 22.6 Å². The van der Waals surface area contributed by atoms with Gasteiger partial charge in [0, 0.05) is 22.6 Å². The first-order valence-electron chi connectivity index (χ1n) is 6.64.